The first kappa shape index (κ1) is 12.3. The van der Waals surface area contributed by atoms with Gasteiger partial charge >= 0.3 is 0 Å². The van der Waals surface area contributed by atoms with Crippen LogP contribution >= 0.6 is 0 Å². The number of carbonyl (C=O) groups excluding carboxylic acids is 1. The molecular weight excluding hydrogens is 234 g/mol. The molecule has 0 fully saturated rings. The number of fused-ring (bicyclic) bond motifs is 1. The van der Waals surface area contributed by atoms with Crippen molar-refractivity contribution in [2.24, 2.45) is 0 Å². The van der Waals surface area contributed by atoms with Gasteiger partial charge in [0.2, 0.25) is 0 Å². The molecule has 7 heteroatoms. The Labute approximate surface area is 104 Å². The average Bonchev–Trinajstić information content (AvgIpc) is 2.61. The van der Waals surface area contributed by atoms with Crippen molar-refractivity contribution in [1.29, 1.82) is 0 Å². The van der Waals surface area contributed by atoms with Gasteiger partial charge in [-0.3, -0.25) is 9.63 Å². The molecule has 0 saturated heterocycles. The molecule has 0 radical (unpaired) electrons. The Morgan fingerprint density at radius 1 is 1.50 bits per heavy atom. The number of nitrogens with zero attached hydrogens (tertiary/aromatic N) is 4. The molecule has 18 heavy (non-hydrogen) atoms. The van der Waals surface area contributed by atoms with Gasteiger partial charge in [0.05, 0.1) is 18.4 Å². The smallest absolute Gasteiger partial charge is 0.279 e. The third-order valence-electron chi connectivity index (χ3n) is 3.00. The van der Waals surface area contributed by atoms with Crippen molar-refractivity contribution in [3.8, 4) is 0 Å². The minimum atomic E-state index is -0.239. The van der Waals surface area contributed by atoms with Crippen LogP contribution in [0, 0.1) is 13.8 Å². The van der Waals surface area contributed by atoms with Crippen LogP contribution in [0.5, 0.6) is 0 Å². The standard InChI is InChI=1S/C11H15N5O2/c1-6-8(11(17)15(3)18-4)7(2)16-9(6)10(12)13-5-14-16/h5H,1-4H3,(H2,12,13,14). The summed E-state index contributed by atoms with van der Waals surface area (Å²) in [5.74, 6) is 0.113. The summed E-state index contributed by atoms with van der Waals surface area (Å²) < 4.78 is 1.62. The highest BCUT2D eigenvalue weighted by atomic mass is 16.7. The molecule has 0 aliphatic rings. The number of hydrogen-bond acceptors (Lipinski definition) is 5. The summed E-state index contributed by atoms with van der Waals surface area (Å²) in [6.45, 7) is 3.63. The van der Waals surface area contributed by atoms with Crippen LogP contribution in [-0.2, 0) is 4.84 Å². The van der Waals surface area contributed by atoms with E-state index < -0.39 is 0 Å². The SMILES string of the molecule is CON(C)C(=O)c1c(C)c2c(N)ncnn2c1C. The summed E-state index contributed by atoms with van der Waals surface area (Å²) in [4.78, 5) is 21.0. The van der Waals surface area contributed by atoms with Crippen molar-refractivity contribution >= 4 is 17.2 Å². The third-order valence-corrected chi connectivity index (χ3v) is 3.00. The van der Waals surface area contributed by atoms with Gasteiger partial charge in [-0.2, -0.15) is 5.10 Å². The van der Waals surface area contributed by atoms with Crippen LogP contribution in [0.4, 0.5) is 5.82 Å². The molecule has 2 aromatic heterocycles. The molecule has 0 aliphatic carbocycles. The van der Waals surface area contributed by atoms with E-state index in [2.05, 4.69) is 10.1 Å². The number of hydrogen-bond donors (Lipinski definition) is 1. The second-order valence-corrected chi connectivity index (χ2v) is 3.98. The van der Waals surface area contributed by atoms with E-state index in [1.807, 2.05) is 13.8 Å². The number of anilines is 1. The van der Waals surface area contributed by atoms with E-state index >= 15 is 0 Å². The Morgan fingerprint density at radius 3 is 2.72 bits per heavy atom. The Morgan fingerprint density at radius 2 is 2.17 bits per heavy atom. The molecule has 2 aromatic rings. The van der Waals surface area contributed by atoms with Crippen molar-refractivity contribution in [2.45, 2.75) is 13.8 Å². The molecule has 2 N–H and O–H groups in total. The van der Waals surface area contributed by atoms with Gasteiger partial charge < -0.3 is 5.73 Å². The summed E-state index contributed by atoms with van der Waals surface area (Å²) in [6.07, 6.45) is 1.36. The zero-order valence-corrected chi connectivity index (χ0v) is 10.8. The number of hydroxylamine groups is 2. The summed E-state index contributed by atoms with van der Waals surface area (Å²) in [5, 5.41) is 5.27. The van der Waals surface area contributed by atoms with E-state index in [4.69, 9.17) is 10.6 Å². The van der Waals surface area contributed by atoms with Crippen molar-refractivity contribution < 1.29 is 9.63 Å². The molecule has 96 valence electrons. The highest BCUT2D eigenvalue weighted by molar-refractivity contribution is 5.99. The lowest BCUT2D eigenvalue weighted by Gasteiger charge is -2.13. The van der Waals surface area contributed by atoms with Crippen molar-refractivity contribution in [1.82, 2.24) is 19.7 Å². The Kier molecular flexibility index (Phi) is 2.92. The first-order valence-corrected chi connectivity index (χ1v) is 5.39. The van der Waals surface area contributed by atoms with Gasteiger partial charge in [-0.1, -0.05) is 0 Å². The molecule has 2 heterocycles. The highest BCUT2D eigenvalue weighted by Gasteiger charge is 2.23. The maximum Gasteiger partial charge on any atom is 0.279 e. The summed E-state index contributed by atoms with van der Waals surface area (Å²) in [5.41, 5.74) is 8.47. The largest absolute Gasteiger partial charge is 0.382 e. The average molecular weight is 249 g/mol. The fourth-order valence-corrected chi connectivity index (χ4v) is 2.02. The summed E-state index contributed by atoms with van der Waals surface area (Å²) in [6, 6.07) is 0. The summed E-state index contributed by atoms with van der Waals surface area (Å²) >= 11 is 0. The second kappa shape index (κ2) is 4.26. The Bertz CT molecular complexity index is 619. The number of carbonyl (C=O) groups is 1. The number of nitrogens with two attached hydrogens (primary N) is 1. The van der Waals surface area contributed by atoms with Crippen molar-refractivity contribution in [3.05, 3.63) is 23.1 Å². The van der Waals surface area contributed by atoms with Crippen LogP contribution in [-0.4, -0.2) is 39.7 Å². The second-order valence-electron chi connectivity index (χ2n) is 3.98. The number of amides is 1. The maximum absolute atomic E-state index is 12.2. The first-order chi connectivity index (χ1) is 8.49. The van der Waals surface area contributed by atoms with Crippen molar-refractivity contribution in [3.63, 3.8) is 0 Å². The highest BCUT2D eigenvalue weighted by Crippen LogP contribution is 2.25. The van der Waals surface area contributed by atoms with E-state index in [1.165, 1.54) is 18.5 Å². The lowest BCUT2D eigenvalue weighted by atomic mass is 10.1. The molecule has 0 atom stereocenters. The normalized spacial score (nSPS) is 10.9. The number of nitrogen functional groups attached to an aromatic ring is 1. The van der Waals surface area contributed by atoms with Crippen LogP contribution < -0.4 is 5.73 Å². The van der Waals surface area contributed by atoms with Crippen LogP contribution in [0.1, 0.15) is 21.6 Å². The van der Waals surface area contributed by atoms with Gasteiger partial charge in [-0.15, -0.1) is 0 Å². The number of aryl methyl sites for hydroxylation is 2. The molecule has 0 saturated carbocycles. The predicted octanol–water partition coefficient (Wildman–Crippen LogP) is 0.562. The van der Waals surface area contributed by atoms with Crippen LogP contribution in [0.15, 0.2) is 6.33 Å². The van der Waals surface area contributed by atoms with Gasteiger partial charge in [-0.25, -0.2) is 14.6 Å². The monoisotopic (exact) mass is 249 g/mol. The minimum absolute atomic E-state index is 0.239. The fraction of sp³-hybridized carbons (Fsp3) is 0.364. The molecule has 2 rings (SSSR count). The first-order valence-electron chi connectivity index (χ1n) is 5.39. The third kappa shape index (κ3) is 1.60. The van der Waals surface area contributed by atoms with E-state index in [0.29, 0.717) is 22.6 Å². The fourth-order valence-electron chi connectivity index (χ4n) is 2.02. The molecule has 0 spiro atoms. The number of rotatable bonds is 2. The van der Waals surface area contributed by atoms with Crippen LogP contribution in [0.3, 0.4) is 0 Å². The molecular formula is C11H15N5O2. The summed E-state index contributed by atoms with van der Waals surface area (Å²) in [7, 11) is 2.99. The van der Waals surface area contributed by atoms with Crippen LogP contribution in [0.2, 0.25) is 0 Å². The quantitative estimate of drug-likeness (QED) is 0.786. The lowest BCUT2D eigenvalue weighted by molar-refractivity contribution is -0.0757. The van der Waals surface area contributed by atoms with Crippen molar-refractivity contribution in [2.75, 3.05) is 19.9 Å². The zero-order valence-electron chi connectivity index (χ0n) is 10.8. The minimum Gasteiger partial charge on any atom is -0.382 e. The Hall–Kier alpha value is -2.15. The van der Waals surface area contributed by atoms with E-state index in [9.17, 15) is 4.79 Å². The lowest BCUT2D eigenvalue weighted by Crippen LogP contribution is -2.26. The van der Waals surface area contributed by atoms with Gasteiger partial charge in [0.1, 0.15) is 11.8 Å². The van der Waals surface area contributed by atoms with E-state index in [0.717, 1.165) is 5.56 Å². The van der Waals surface area contributed by atoms with Gasteiger partial charge in [0.15, 0.2) is 5.82 Å². The molecule has 7 nitrogen and oxygen atoms in total. The van der Waals surface area contributed by atoms with E-state index in [-0.39, 0.29) is 5.91 Å². The zero-order chi connectivity index (χ0) is 13.4. The topological polar surface area (TPSA) is 85.8 Å². The van der Waals surface area contributed by atoms with Gasteiger partial charge in [0, 0.05) is 7.05 Å². The molecule has 0 bridgehead atoms. The van der Waals surface area contributed by atoms with Gasteiger partial charge in [-0.05, 0) is 19.4 Å². The molecule has 0 aromatic carbocycles. The van der Waals surface area contributed by atoms with Gasteiger partial charge in [0.25, 0.3) is 5.91 Å². The van der Waals surface area contributed by atoms with Crippen LogP contribution in [0.25, 0.3) is 5.52 Å². The molecule has 0 aliphatic heterocycles. The maximum atomic E-state index is 12.2. The van der Waals surface area contributed by atoms with E-state index in [1.54, 1.807) is 11.6 Å². The molecule has 0 unspecified atom stereocenters. The Balaban J connectivity index is 2.73. The molecule has 1 amide bonds. The number of aromatic nitrogens is 3. The predicted molar refractivity (Wildman–Crippen MR) is 66.0 cm³/mol.